The minimum atomic E-state index is -3.81. The number of anilines is 1. The van der Waals surface area contributed by atoms with Crippen LogP contribution in [0.1, 0.15) is 25.0 Å². The van der Waals surface area contributed by atoms with Gasteiger partial charge >= 0.3 is 0 Å². The van der Waals surface area contributed by atoms with E-state index in [9.17, 15) is 18.0 Å². The molecule has 1 unspecified atom stereocenters. The van der Waals surface area contributed by atoms with Gasteiger partial charge in [0.2, 0.25) is 21.8 Å². The summed E-state index contributed by atoms with van der Waals surface area (Å²) in [6.07, 6.45) is 0. The highest BCUT2D eigenvalue weighted by atomic mass is 32.2. The number of carbonyl (C=O) groups is 2. The van der Waals surface area contributed by atoms with Crippen molar-refractivity contribution in [2.45, 2.75) is 33.4 Å². The van der Waals surface area contributed by atoms with Crippen LogP contribution in [0.2, 0.25) is 0 Å². The van der Waals surface area contributed by atoms with E-state index < -0.39 is 28.5 Å². The number of hydrogen-bond donors (Lipinski definition) is 1. The predicted octanol–water partition coefficient (Wildman–Crippen LogP) is 2.09. The summed E-state index contributed by atoms with van der Waals surface area (Å²) in [5, 5.41) is 2.57. The van der Waals surface area contributed by atoms with Crippen molar-refractivity contribution in [3.8, 4) is 11.5 Å². The molecule has 1 N–H and O–H groups in total. The van der Waals surface area contributed by atoms with Gasteiger partial charge in [0.25, 0.3) is 0 Å². The lowest BCUT2D eigenvalue weighted by Gasteiger charge is -2.32. The second-order valence-corrected chi connectivity index (χ2v) is 10.2. The maximum atomic E-state index is 13.5. The molecule has 0 saturated carbocycles. The molecular weight excluding hydrogens is 458 g/mol. The molecule has 0 bridgehead atoms. The summed E-state index contributed by atoms with van der Waals surface area (Å²) in [4.78, 5) is 27.4. The van der Waals surface area contributed by atoms with Crippen LogP contribution in [0, 0.1) is 6.92 Å². The molecule has 184 valence electrons. The van der Waals surface area contributed by atoms with Crippen molar-refractivity contribution in [3.05, 3.63) is 53.6 Å². The minimum Gasteiger partial charge on any atom is -0.486 e. The van der Waals surface area contributed by atoms with Crippen molar-refractivity contribution < 1.29 is 27.5 Å². The molecule has 2 amide bonds. The summed E-state index contributed by atoms with van der Waals surface area (Å²) < 4.78 is 38.2. The number of nitrogens with one attached hydrogen (secondary N) is 1. The zero-order valence-electron chi connectivity index (χ0n) is 19.9. The molecule has 0 saturated heterocycles. The van der Waals surface area contributed by atoms with Gasteiger partial charge in [-0.15, -0.1) is 0 Å². The number of fused-ring (bicyclic) bond motifs is 1. The van der Waals surface area contributed by atoms with E-state index in [2.05, 4.69) is 5.32 Å². The third-order valence-electron chi connectivity index (χ3n) is 5.81. The molecule has 1 aliphatic heterocycles. The minimum absolute atomic E-state index is 0.168. The lowest BCUT2D eigenvalue weighted by atomic mass is 10.1. The number of rotatable bonds is 9. The zero-order chi connectivity index (χ0) is 24.9. The Balaban J connectivity index is 1.96. The topological polar surface area (TPSA) is 105 Å². The van der Waals surface area contributed by atoms with Gasteiger partial charge in [0, 0.05) is 19.7 Å². The van der Waals surface area contributed by atoms with E-state index in [1.54, 1.807) is 25.1 Å². The molecule has 9 nitrogen and oxygen atoms in total. The lowest BCUT2D eigenvalue weighted by molar-refractivity contribution is -0.139. The first-order valence-electron chi connectivity index (χ1n) is 11.1. The van der Waals surface area contributed by atoms with Gasteiger partial charge in [-0.2, -0.15) is 0 Å². The van der Waals surface area contributed by atoms with E-state index in [4.69, 9.17) is 9.47 Å². The predicted molar refractivity (Wildman–Crippen MR) is 129 cm³/mol. The van der Waals surface area contributed by atoms with E-state index in [-0.39, 0.29) is 18.2 Å². The molecule has 1 atom stereocenters. The first-order valence-corrected chi connectivity index (χ1v) is 12.7. The fourth-order valence-corrected chi connectivity index (χ4v) is 4.72. The molecule has 0 radical (unpaired) electrons. The Bertz CT molecular complexity index is 1150. The van der Waals surface area contributed by atoms with E-state index in [0.717, 1.165) is 15.4 Å². The van der Waals surface area contributed by atoms with Crippen molar-refractivity contribution in [1.82, 2.24) is 10.2 Å². The van der Waals surface area contributed by atoms with Crippen molar-refractivity contribution in [2.75, 3.05) is 36.9 Å². The van der Waals surface area contributed by atoms with Crippen LogP contribution < -0.4 is 19.1 Å². The van der Waals surface area contributed by atoms with Crippen LogP contribution in [0.3, 0.4) is 0 Å². The van der Waals surface area contributed by atoms with Gasteiger partial charge in [-0.1, -0.05) is 24.3 Å². The summed E-state index contributed by atoms with van der Waals surface area (Å²) >= 11 is 0. The van der Waals surface area contributed by atoms with Gasteiger partial charge in [0.1, 0.15) is 25.8 Å². The number of hydrogen-bond acceptors (Lipinski definition) is 6. The smallest absolute Gasteiger partial charge is 0.244 e. The van der Waals surface area contributed by atoms with Gasteiger partial charge in [-0.3, -0.25) is 13.9 Å². The number of nitrogens with zero attached hydrogens (tertiary/aromatic N) is 2. The second-order valence-electron chi connectivity index (χ2n) is 7.97. The van der Waals surface area contributed by atoms with E-state index in [1.165, 1.54) is 18.9 Å². The van der Waals surface area contributed by atoms with Crippen molar-refractivity contribution in [3.63, 3.8) is 0 Å². The molecule has 0 fully saturated rings. The van der Waals surface area contributed by atoms with Crippen LogP contribution in [-0.4, -0.2) is 63.7 Å². The molecule has 2 aromatic rings. The average Bonchev–Trinajstić information content (AvgIpc) is 2.85. The van der Waals surface area contributed by atoms with Gasteiger partial charge in [0.05, 0.1) is 11.4 Å². The number of aryl methyl sites for hydroxylation is 1. The first kappa shape index (κ1) is 25.4. The maximum absolute atomic E-state index is 13.5. The highest BCUT2D eigenvalue weighted by Crippen LogP contribution is 2.35. The van der Waals surface area contributed by atoms with Gasteiger partial charge in [-0.05, 0) is 44.0 Å². The molecule has 34 heavy (non-hydrogen) atoms. The number of benzene rings is 2. The quantitative estimate of drug-likeness (QED) is 0.578. The summed E-state index contributed by atoms with van der Waals surface area (Å²) in [7, 11) is -2.31. The number of likely N-dealkylation sites (N-methyl/N-ethyl adjacent to an activating group) is 1. The highest BCUT2D eigenvalue weighted by Gasteiger charge is 2.31. The summed E-state index contributed by atoms with van der Waals surface area (Å²) in [5.41, 5.74) is 2.13. The van der Waals surface area contributed by atoms with Crippen molar-refractivity contribution in [1.29, 1.82) is 0 Å². The molecule has 10 heteroatoms. The van der Waals surface area contributed by atoms with Crippen molar-refractivity contribution in [2.24, 2.45) is 0 Å². The van der Waals surface area contributed by atoms with Crippen LogP contribution >= 0.6 is 0 Å². The fourth-order valence-electron chi connectivity index (χ4n) is 3.67. The molecular formula is C24H31N3O6S. The summed E-state index contributed by atoms with van der Waals surface area (Å²) in [6.45, 7) is 5.54. The Hall–Kier alpha value is -3.27. The molecule has 1 heterocycles. The van der Waals surface area contributed by atoms with Gasteiger partial charge < -0.3 is 19.7 Å². The normalized spacial score (nSPS) is 13.6. The number of carbonyl (C=O) groups excluding carboxylic acids is 2. The lowest BCUT2D eigenvalue weighted by Crippen LogP contribution is -2.51. The molecule has 0 spiro atoms. The van der Waals surface area contributed by atoms with Crippen molar-refractivity contribution >= 4 is 27.5 Å². The number of sulfonamides is 1. The molecule has 3 rings (SSSR count). The van der Waals surface area contributed by atoms with Crippen LogP contribution in [0.4, 0.5) is 5.69 Å². The summed E-state index contributed by atoms with van der Waals surface area (Å²) in [5.74, 6) is -0.0950. The number of amides is 2. The maximum Gasteiger partial charge on any atom is 0.244 e. The second kappa shape index (κ2) is 10.8. The largest absolute Gasteiger partial charge is 0.486 e. The standard InChI is InChI=1S/C24H31N3O6S/c1-5-34(30,31)27(20-10-11-21-22(14-20)33-13-12-32-21)16-23(28)26(18(3)24(29)25-4)15-19-9-7-6-8-17(19)2/h6-11,14,18H,5,12-13,15-16H2,1-4H3,(H,25,29). The third kappa shape index (κ3) is 5.61. The molecule has 0 aromatic heterocycles. The Morgan fingerprint density at radius 3 is 2.41 bits per heavy atom. The van der Waals surface area contributed by atoms with Crippen LogP contribution in [-0.2, 0) is 26.2 Å². The Labute approximate surface area is 200 Å². The highest BCUT2D eigenvalue weighted by molar-refractivity contribution is 7.92. The van der Waals surface area contributed by atoms with E-state index >= 15 is 0 Å². The Morgan fingerprint density at radius 1 is 1.09 bits per heavy atom. The molecule has 0 aliphatic carbocycles. The molecule has 2 aromatic carbocycles. The van der Waals surface area contributed by atoms with Gasteiger partial charge in [-0.25, -0.2) is 8.42 Å². The van der Waals surface area contributed by atoms with Crippen LogP contribution in [0.15, 0.2) is 42.5 Å². The number of ether oxygens (including phenoxy) is 2. The summed E-state index contributed by atoms with van der Waals surface area (Å²) in [6, 6.07) is 11.5. The van der Waals surface area contributed by atoms with Gasteiger partial charge in [0.15, 0.2) is 11.5 Å². The zero-order valence-corrected chi connectivity index (χ0v) is 20.7. The van der Waals surface area contributed by atoms with E-state index in [0.29, 0.717) is 30.4 Å². The third-order valence-corrected chi connectivity index (χ3v) is 7.55. The SMILES string of the molecule is CCS(=O)(=O)N(CC(=O)N(Cc1ccccc1C)C(C)C(=O)NC)c1ccc2c(c1)OCCO2. The molecule has 1 aliphatic rings. The Kier molecular flexibility index (Phi) is 8.03. The Morgan fingerprint density at radius 2 is 1.76 bits per heavy atom. The van der Waals surface area contributed by atoms with Crippen LogP contribution in [0.25, 0.3) is 0 Å². The first-order chi connectivity index (χ1) is 16.2. The van der Waals surface area contributed by atoms with E-state index in [1.807, 2.05) is 31.2 Å². The monoisotopic (exact) mass is 489 g/mol. The fraction of sp³-hybridized carbons (Fsp3) is 0.417. The van der Waals surface area contributed by atoms with Crippen LogP contribution in [0.5, 0.6) is 11.5 Å². The average molecular weight is 490 g/mol.